The van der Waals surface area contributed by atoms with E-state index in [1.54, 1.807) is 0 Å². The van der Waals surface area contributed by atoms with Gasteiger partial charge in [-0.25, -0.2) is 4.39 Å². The largest absolute Gasteiger partial charge is 0.450 e. The number of nitrogens with zero attached hydrogens (tertiary/aromatic N) is 1. The highest BCUT2D eigenvalue weighted by Gasteiger charge is 2.17. The highest BCUT2D eigenvalue weighted by atomic mass is 35.5. The molecule has 0 bridgehead atoms. The van der Waals surface area contributed by atoms with Crippen LogP contribution in [0.1, 0.15) is 5.56 Å². The molecule has 0 aromatic heterocycles. The molecule has 2 aromatic carbocycles. The van der Waals surface area contributed by atoms with Gasteiger partial charge in [0, 0.05) is 29.3 Å². The number of rotatable bonds is 4. The van der Waals surface area contributed by atoms with Gasteiger partial charge in [-0.05, 0) is 24.3 Å². The van der Waals surface area contributed by atoms with Gasteiger partial charge >= 0.3 is 5.69 Å². The lowest BCUT2D eigenvalue weighted by Gasteiger charge is -2.10. The maximum Gasteiger partial charge on any atom is 0.311 e. The molecular weight excluding hydrogens is 287 g/mol. The molecule has 2 rings (SSSR count). The molecule has 0 spiro atoms. The van der Waals surface area contributed by atoms with Crippen molar-refractivity contribution in [1.82, 2.24) is 0 Å². The Bertz CT molecular complexity index is 664. The molecule has 20 heavy (non-hydrogen) atoms. The van der Waals surface area contributed by atoms with Crippen molar-refractivity contribution in [3.63, 3.8) is 0 Å². The topological polar surface area (TPSA) is 78.4 Å². The van der Waals surface area contributed by atoms with Gasteiger partial charge in [0.25, 0.3) is 0 Å². The minimum atomic E-state index is -0.586. The van der Waals surface area contributed by atoms with Crippen LogP contribution < -0.4 is 10.5 Å². The lowest BCUT2D eigenvalue weighted by atomic mass is 10.2. The number of benzene rings is 2. The standard InChI is InChI=1S/C13H10ClFN2O3/c14-9-1-3-11(17(18)19)13(6-9)20-12-4-2-10(15)5-8(12)7-16/h1-6H,7,16H2. The van der Waals surface area contributed by atoms with Gasteiger partial charge in [0.15, 0.2) is 0 Å². The zero-order valence-corrected chi connectivity index (χ0v) is 10.9. The minimum Gasteiger partial charge on any atom is -0.450 e. The number of ether oxygens (including phenoxy) is 1. The maximum absolute atomic E-state index is 13.1. The summed E-state index contributed by atoms with van der Waals surface area (Å²) in [6.45, 7) is 0.0431. The molecule has 0 saturated carbocycles. The van der Waals surface area contributed by atoms with Crippen LogP contribution in [0.2, 0.25) is 5.02 Å². The third-order valence-electron chi connectivity index (χ3n) is 2.58. The van der Waals surface area contributed by atoms with Crippen LogP contribution in [0.4, 0.5) is 10.1 Å². The maximum atomic E-state index is 13.1. The molecule has 0 amide bonds. The number of nitrogens with two attached hydrogens (primary N) is 1. The van der Waals surface area contributed by atoms with Gasteiger partial charge in [-0.1, -0.05) is 11.6 Å². The summed E-state index contributed by atoms with van der Waals surface area (Å²) in [5.41, 5.74) is 5.66. The van der Waals surface area contributed by atoms with E-state index in [1.165, 1.54) is 36.4 Å². The Morgan fingerprint density at radius 3 is 2.65 bits per heavy atom. The fourth-order valence-corrected chi connectivity index (χ4v) is 1.81. The normalized spacial score (nSPS) is 10.3. The molecule has 104 valence electrons. The summed E-state index contributed by atoms with van der Waals surface area (Å²) in [6.07, 6.45) is 0. The van der Waals surface area contributed by atoms with Crippen LogP contribution in [0.3, 0.4) is 0 Å². The second-order valence-corrected chi connectivity index (χ2v) is 4.36. The van der Waals surface area contributed by atoms with Gasteiger partial charge in [0.2, 0.25) is 5.75 Å². The average molecular weight is 297 g/mol. The van der Waals surface area contributed by atoms with Crippen molar-refractivity contribution < 1.29 is 14.1 Å². The number of hydrogen-bond acceptors (Lipinski definition) is 4. The smallest absolute Gasteiger partial charge is 0.311 e. The van der Waals surface area contributed by atoms with Gasteiger partial charge in [-0.3, -0.25) is 10.1 Å². The Morgan fingerprint density at radius 1 is 1.25 bits per heavy atom. The van der Waals surface area contributed by atoms with Gasteiger partial charge in [-0.2, -0.15) is 0 Å². The highest BCUT2D eigenvalue weighted by Crippen LogP contribution is 2.35. The number of halogens is 2. The summed E-state index contributed by atoms with van der Waals surface area (Å²) < 4.78 is 18.6. The predicted molar refractivity (Wildman–Crippen MR) is 72.5 cm³/mol. The third kappa shape index (κ3) is 3.04. The molecule has 0 aliphatic heterocycles. The lowest BCUT2D eigenvalue weighted by Crippen LogP contribution is -2.01. The first-order valence-electron chi connectivity index (χ1n) is 5.61. The predicted octanol–water partition coefficient (Wildman–Crippen LogP) is 3.64. The summed E-state index contributed by atoms with van der Waals surface area (Å²) >= 11 is 5.80. The first kappa shape index (κ1) is 14.2. The first-order valence-corrected chi connectivity index (χ1v) is 5.99. The molecule has 0 radical (unpaired) electrons. The van der Waals surface area contributed by atoms with Crippen molar-refractivity contribution >= 4 is 17.3 Å². The van der Waals surface area contributed by atoms with Crippen molar-refractivity contribution in [2.45, 2.75) is 6.54 Å². The summed E-state index contributed by atoms with van der Waals surface area (Å²) in [5.74, 6) is -0.235. The monoisotopic (exact) mass is 296 g/mol. The Morgan fingerprint density at radius 2 is 2.00 bits per heavy atom. The quantitative estimate of drug-likeness (QED) is 0.690. The van der Waals surface area contributed by atoms with E-state index in [-0.39, 0.29) is 23.7 Å². The van der Waals surface area contributed by atoms with E-state index < -0.39 is 10.7 Å². The molecule has 0 unspecified atom stereocenters. The number of hydrogen-bond donors (Lipinski definition) is 1. The Labute approximate surface area is 118 Å². The zero-order valence-electron chi connectivity index (χ0n) is 10.2. The van der Waals surface area contributed by atoms with E-state index in [2.05, 4.69) is 0 Å². The van der Waals surface area contributed by atoms with Crippen molar-refractivity contribution in [3.05, 3.63) is 62.9 Å². The van der Waals surface area contributed by atoms with E-state index in [1.807, 2.05) is 0 Å². The van der Waals surface area contributed by atoms with Crippen LogP contribution in [0.15, 0.2) is 36.4 Å². The molecule has 0 aliphatic rings. The van der Waals surface area contributed by atoms with Crippen molar-refractivity contribution in [1.29, 1.82) is 0 Å². The molecule has 0 saturated heterocycles. The van der Waals surface area contributed by atoms with E-state index in [4.69, 9.17) is 22.1 Å². The summed E-state index contributed by atoms with van der Waals surface area (Å²) in [7, 11) is 0. The van der Waals surface area contributed by atoms with Gasteiger partial charge in [0.1, 0.15) is 11.6 Å². The Kier molecular flexibility index (Phi) is 4.16. The third-order valence-corrected chi connectivity index (χ3v) is 2.82. The molecule has 0 heterocycles. The fraction of sp³-hybridized carbons (Fsp3) is 0.0769. The van der Waals surface area contributed by atoms with Crippen LogP contribution in [0.5, 0.6) is 11.5 Å². The first-order chi connectivity index (χ1) is 9.51. The highest BCUT2D eigenvalue weighted by molar-refractivity contribution is 6.30. The summed E-state index contributed by atoms with van der Waals surface area (Å²) in [5, 5.41) is 11.2. The van der Waals surface area contributed by atoms with Gasteiger partial charge in [0.05, 0.1) is 4.92 Å². The average Bonchev–Trinajstić information content (AvgIpc) is 2.40. The van der Waals surface area contributed by atoms with E-state index >= 15 is 0 Å². The SMILES string of the molecule is NCc1cc(F)ccc1Oc1cc(Cl)ccc1[N+](=O)[O-]. The van der Waals surface area contributed by atoms with E-state index in [9.17, 15) is 14.5 Å². The van der Waals surface area contributed by atoms with Crippen LogP contribution in [-0.2, 0) is 6.54 Å². The Hall–Kier alpha value is -2.18. The van der Waals surface area contributed by atoms with Gasteiger partial charge in [-0.15, -0.1) is 0 Å². The molecule has 2 N–H and O–H groups in total. The Balaban J connectivity index is 2.44. The fourth-order valence-electron chi connectivity index (χ4n) is 1.65. The summed E-state index contributed by atoms with van der Waals surface area (Å²) in [4.78, 5) is 10.3. The van der Waals surface area contributed by atoms with Crippen LogP contribution in [-0.4, -0.2) is 4.92 Å². The molecule has 0 aliphatic carbocycles. The van der Waals surface area contributed by atoms with E-state index in [0.29, 0.717) is 10.6 Å². The van der Waals surface area contributed by atoms with Crippen LogP contribution >= 0.6 is 11.6 Å². The molecule has 0 fully saturated rings. The van der Waals surface area contributed by atoms with Crippen LogP contribution in [0, 0.1) is 15.9 Å². The van der Waals surface area contributed by atoms with Crippen molar-refractivity contribution in [3.8, 4) is 11.5 Å². The number of nitro benzene ring substituents is 1. The van der Waals surface area contributed by atoms with Crippen LogP contribution in [0.25, 0.3) is 0 Å². The van der Waals surface area contributed by atoms with Crippen molar-refractivity contribution in [2.24, 2.45) is 5.73 Å². The minimum absolute atomic E-state index is 0.0243. The molecule has 7 heteroatoms. The lowest BCUT2D eigenvalue weighted by molar-refractivity contribution is -0.385. The molecule has 2 aromatic rings. The second kappa shape index (κ2) is 5.85. The molecule has 5 nitrogen and oxygen atoms in total. The molecule has 0 atom stereocenters. The summed E-state index contributed by atoms with van der Waals surface area (Å²) in [6, 6.07) is 7.71. The second-order valence-electron chi connectivity index (χ2n) is 3.93. The molecular formula is C13H10ClFN2O3. The van der Waals surface area contributed by atoms with Gasteiger partial charge < -0.3 is 10.5 Å². The van der Waals surface area contributed by atoms with Crippen molar-refractivity contribution in [2.75, 3.05) is 0 Å². The van der Waals surface area contributed by atoms with E-state index in [0.717, 1.165) is 0 Å². The zero-order chi connectivity index (χ0) is 14.7. The number of nitro groups is 1.